The summed E-state index contributed by atoms with van der Waals surface area (Å²) >= 11 is 0. The summed E-state index contributed by atoms with van der Waals surface area (Å²) in [5.41, 5.74) is 3.70. The number of aryl methyl sites for hydroxylation is 1. The van der Waals surface area contributed by atoms with E-state index < -0.39 is 0 Å². The van der Waals surface area contributed by atoms with Gasteiger partial charge in [0.25, 0.3) is 0 Å². The average Bonchev–Trinajstić information content (AvgIpc) is 2.70. The van der Waals surface area contributed by atoms with E-state index in [1.54, 1.807) is 11.1 Å². The largest absolute Gasteiger partial charge is 0.412 e. The number of benzene rings is 3. The third kappa shape index (κ3) is 4.94. The highest BCUT2D eigenvalue weighted by atomic mass is 28.4. The number of hydrogen-bond acceptors (Lipinski definition) is 4. The van der Waals surface area contributed by atoms with Gasteiger partial charge < -0.3 is 21.9 Å². The second-order valence-electron chi connectivity index (χ2n) is 8.72. The summed E-state index contributed by atoms with van der Waals surface area (Å²) in [5, 5.41) is 5.59. The SMILES string of the molecule is CC1(C)CCc2c(ccc3c2ccc2ccccc23)C1(C)C.O.O1[Si]O[Si]O[Si]O[Si]1. The molecule has 3 aromatic carbocycles. The molecular formula is C22H26O5Si4. The van der Waals surface area contributed by atoms with E-state index in [2.05, 4.69) is 76.2 Å². The summed E-state index contributed by atoms with van der Waals surface area (Å²) in [4.78, 5) is 0. The first kappa shape index (κ1) is 24.5. The molecule has 31 heavy (non-hydrogen) atoms. The first-order valence-corrected chi connectivity index (χ1v) is 13.3. The Morgan fingerprint density at radius 3 is 1.90 bits per heavy atom. The van der Waals surface area contributed by atoms with E-state index in [9.17, 15) is 0 Å². The molecule has 0 saturated carbocycles. The van der Waals surface area contributed by atoms with Crippen molar-refractivity contribution in [1.82, 2.24) is 0 Å². The molecule has 0 unspecified atom stereocenters. The molecule has 5 nitrogen and oxygen atoms in total. The minimum Gasteiger partial charge on any atom is -0.412 e. The van der Waals surface area contributed by atoms with Crippen LogP contribution in [0.15, 0.2) is 48.5 Å². The molecule has 2 N–H and O–H groups in total. The highest BCUT2D eigenvalue weighted by Gasteiger charge is 2.42. The van der Waals surface area contributed by atoms with Crippen LogP contribution in [0, 0.1) is 5.41 Å². The lowest BCUT2D eigenvalue weighted by atomic mass is 9.57. The van der Waals surface area contributed by atoms with Gasteiger partial charge in [-0.15, -0.1) is 0 Å². The van der Waals surface area contributed by atoms with E-state index in [1.165, 1.54) is 34.4 Å². The molecule has 0 spiro atoms. The third-order valence-electron chi connectivity index (χ3n) is 6.74. The van der Waals surface area contributed by atoms with E-state index in [-0.39, 0.29) is 50.9 Å². The van der Waals surface area contributed by atoms with Crippen molar-refractivity contribution in [2.75, 3.05) is 0 Å². The van der Waals surface area contributed by atoms with Gasteiger partial charge in [-0.3, -0.25) is 0 Å². The van der Waals surface area contributed by atoms with Crippen LogP contribution in [0.2, 0.25) is 0 Å². The molecular weight excluding hydrogens is 457 g/mol. The van der Waals surface area contributed by atoms with Crippen molar-refractivity contribution in [3.8, 4) is 0 Å². The standard InChI is InChI=1S/C22H24.O4Si4.H2O/c1-21(2)14-13-19-18-10-9-15-7-5-6-8-16(15)17(18)11-12-20(19)22(21,3)4;1-5-2-7-4-8-3-6-1;/h5-12H,13-14H2,1-4H3;;1H2. The maximum Gasteiger partial charge on any atom is 0.412 e. The fraction of sp³-hybridized carbons (Fsp3) is 0.364. The molecule has 1 aliphatic heterocycles. The van der Waals surface area contributed by atoms with E-state index in [4.69, 9.17) is 16.5 Å². The van der Waals surface area contributed by atoms with Crippen LogP contribution in [-0.2, 0) is 28.3 Å². The van der Waals surface area contributed by atoms with Crippen LogP contribution >= 0.6 is 0 Å². The summed E-state index contributed by atoms with van der Waals surface area (Å²) in [7, 11) is 0.278. The summed E-state index contributed by atoms with van der Waals surface area (Å²) in [6, 6.07) is 18.1. The Morgan fingerprint density at radius 1 is 0.677 bits per heavy atom. The molecule has 9 heteroatoms. The molecule has 1 heterocycles. The lowest BCUT2D eigenvalue weighted by molar-refractivity contribution is 0.166. The second-order valence-corrected chi connectivity index (χ2v) is 12.7. The highest BCUT2D eigenvalue weighted by molar-refractivity contribution is 6.50. The summed E-state index contributed by atoms with van der Waals surface area (Å²) in [5.74, 6) is 0. The summed E-state index contributed by atoms with van der Waals surface area (Å²) < 4.78 is 19.3. The van der Waals surface area contributed by atoms with E-state index >= 15 is 0 Å². The van der Waals surface area contributed by atoms with Crippen LogP contribution in [0.4, 0.5) is 0 Å². The van der Waals surface area contributed by atoms with Crippen LogP contribution in [0.3, 0.4) is 0 Å². The molecule has 0 aromatic heterocycles. The van der Waals surface area contributed by atoms with E-state index in [0.29, 0.717) is 5.41 Å². The highest BCUT2D eigenvalue weighted by Crippen LogP contribution is 2.51. The molecule has 1 aliphatic carbocycles. The van der Waals surface area contributed by atoms with Crippen LogP contribution in [0.5, 0.6) is 0 Å². The summed E-state index contributed by atoms with van der Waals surface area (Å²) in [6.07, 6.45) is 2.46. The minimum atomic E-state index is 0. The predicted molar refractivity (Wildman–Crippen MR) is 128 cm³/mol. The number of hydrogen-bond donors (Lipinski definition) is 0. The Kier molecular flexibility index (Phi) is 8.05. The van der Waals surface area contributed by atoms with Crippen molar-refractivity contribution in [2.45, 2.75) is 46.0 Å². The zero-order valence-corrected chi connectivity index (χ0v) is 22.2. The maximum atomic E-state index is 4.82. The Labute approximate surface area is 194 Å². The molecule has 3 aromatic rings. The lowest BCUT2D eigenvalue weighted by Gasteiger charge is -2.47. The van der Waals surface area contributed by atoms with Gasteiger partial charge in [0.1, 0.15) is 0 Å². The van der Waals surface area contributed by atoms with Gasteiger partial charge in [0.2, 0.25) is 0 Å². The first-order chi connectivity index (χ1) is 14.4. The molecule has 0 bridgehead atoms. The van der Waals surface area contributed by atoms with Gasteiger partial charge in [-0.05, 0) is 56.3 Å². The molecule has 1 saturated heterocycles. The van der Waals surface area contributed by atoms with Gasteiger partial charge in [-0.1, -0.05) is 76.2 Å². The van der Waals surface area contributed by atoms with Crippen molar-refractivity contribution < 1.29 is 21.9 Å². The Balaban J connectivity index is 0.000000258. The van der Waals surface area contributed by atoms with Crippen molar-refractivity contribution in [1.29, 1.82) is 0 Å². The first-order valence-electron chi connectivity index (χ1n) is 9.99. The van der Waals surface area contributed by atoms with Gasteiger partial charge in [0.05, 0.1) is 0 Å². The van der Waals surface area contributed by atoms with Crippen molar-refractivity contribution >= 4 is 61.6 Å². The number of fused-ring (bicyclic) bond motifs is 5. The van der Waals surface area contributed by atoms with Crippen LogP contribution < -0.4 is 0 Å². The van der Waals surface area contributed by atoms with Crippen LogP contribution in [-0.4, -0.2) is 45.5 Å². The van der Waals surface area contributed by atoms with Crippen LogP contribution in [0.25, 0.3) is 21.5 Å². The quantitative estimate of drug-likeness (QED) is 0.362. The van der Waals surface area contributed by atoms with E-state index in [0.717, 1.165) is 0 Å². The summed E-state index contributed by atoms with van der Waals surface area (Å²) in [6.45, 7) is 9.66. The van der Waals surface area contributed by atoms with E-state index in [1.807, 2.05) is 0 Å². The minimum absolute atomic E-state index is 0. The molecule has 160 valence electrons. The monoisotopic (exact) mass is 482 g/mol. The molecule has 5 rings (SSSR count). The average molecular weight is 483 g/mol. The van der Waals surface area contributed by atoms with Gasteiger partial charge >= 0.3 is 40.0 Å². The maximum absolute atomic E-state index is 4.82. The van der Waals surface area contributed by atoms with Gasteiger partial charge in [-0.2, -0.15) is 0 Å². The molecule has 0 amide bonds. The Hall–Kier alpha value is -1.15. The fourth-order valence-corrected chi connectivity index (χ4v) is 6.98. The van der Waals surface area contributed by atoms with Gasteiger partial charge in [0, 0.05) is 0 Å². The normalized spacial score (nSPS) is 19.9. The van der Waals surface area contributed by atoms with Gasteiger partial charge in [-0.25, -0.2) is 0 Å². The van der Waals surface area contributed by atoms with Crippen molar-refractivity contribution in [3.05, 3.63) is 59.7 Å². The molecule has 2 aliphatic rings. The zero-order valence-electron chi connectivity index (χ0n) is 18.2. The molecule has 1 fully saturated rings. The van der Waals surface area contributed by atoms with Crippen molar-refractivity contribution in [2.24, 2.45) is 5.41 Å². The Bertz CT molecular complexity index is 1020. The molecule has 0 atom stereocenters. The topological polar surface area (TPSA) is 68.4 Å². The zero-order chi connectivity index (χ0) is 21.2. The van der Waals surface area contributed by atoms with Crippen LogP contribution in [0.1, 0.15) is 45.2 Å². The predicted octanol–water partition coefficient (Wildman–Crippen LogP) is 3.62. The molecule has 8 radical (unpaired) electrons. The van der Waals surface area contributed by atoms with Crippen molar-refractivity contribution in [3.63, 3.8) is 0 Å². The second kappa shape index (κ2) is 10.2. The fourth-order valence-electron chi connectivity index (χ4n) is 4.27. The smallest absolute Gasteiger partial charge is 0.412 e. The number of rotatable bonds is 0. The lowest BCUT2D eigenvalue weighted by Crippen LogP contribution is -2.41. The third-order valence-corrected chi connectivity index (χ3v) is 9.40. The Morgan fingerprint density at radius 2 is 1.26 bits per heavy atom. The van der Waals surface area contributed by atoms with Gasteiger partial charge in [0.15, 0.2) is 0 Å².